The van der Waals surface area contributed by atoms with Crippen molar-refractivity contribution in [1.82, 2.24) is 10.3 Å². The molecule has 0 spiro atoms. The molecule has 1 aromatic rings. The summed E-state index contributed by atoms with van der Waals surface area (Å²) in [5, 5.41) is 3.84. The number of hydrogen-bond acceptors (Lipinski definition) is 2. The first-order valence-corrected chi connectivity index (χ1v) is 7.78. The second kappa shape index (κ2) is 6.51. The van der Waals surface area contributed by atoms with Gasteiger partial charge in [0, 0.05) is 23.5 Å². The summed E-state index contributed by atoms with van der Waals surface area (Å²) < 4.78 is 0. The normalized spacial score (nSPS) is 19.2. The third kappa shape index (κ3) is 3.79. The van der Waals surface area contributed by atoms with Crippen LogP contribution >= 0.6 is 0 Å². The van der Waals surface area contributed by atoms with Gasteiger partial charge in [-0.15, -0.1) is 0 Å². The van der Waals surface area contributed by atoms with Gasteiger partial charge in [0.2, 0.25) is 0 Å². The van der Waals surface area contributed by atoms with Crippen molar-refractivity contribution in [1.29, 1.82) is 0 Å². The van der Waals surface area contributed by atoms with Crippen LogP contribution in [-0.2, 0) is 0 Å². The van der Waals surface area contributed by atoms with E-state index in [0.29, 0.717) is 12.1 Å². The van der Waals surface area contributed by atoms with E-state index in [1.165, 1.54) is 55.3 Å². The molecule has 2 nitrogen and oxygen atoms in total. The van der Waals surface area contributed by atoms with Crippen molar-refractivity contribution in [2.45, 2.75) is 78.3 Å². The Morgan fingerprint density at radius 1 is 1.11 bits per heavy atom. The highest BCUT2D eigenvalue weighted by Crippen LogP contribution is 2.24. The molecule has 1 heterocycles. The Hall–Kier alpha value is -0.890. The molecule has 0 bridgehead atoms. The Balaban J connectivity index is 2.08. The molecular weight excluding hydrogens is 232 g/mol. The van der Waals surface area contributed by atoms with Crippen LogP contribution in [0, 0.1) is 20.8 Å². The molecular formula is C17H28N2. The molecule has 1 atom stereocenters. The second-order valence-corrected chi connectivity index (χ2v) is 6.16. The average molecular weight is 260 g/mol. The minimum Gasteiger partial charge on any atom is -0.307 e. The third-order valence-electron chi connectivity index (χ3n) is 4.36. The van der Waals surface area contributed by atoms with E-state index in [-0.39, 0.29) is 0 Å². The van der Waals surface area contributed by atoms with E-state index in [4.69, 9.17) is 0 Å². The van der Waals surface area contributed by atoms with Crippen molar-refractivity contribution < 1.29 is 0 Å². The molecule has 0 aliphatic heterocycles. The van der Waals surface area contributed by atoms with Gasteiger partial charge in [0.05, 0.1) is 0 Å². The van der Waals surface area contributed by atoms with E-state index in [2.05, 4.69) is 44.1 Å². The first-order valence-electron chi connectivity index (χ1n) is 7.78. The summed E-state index contributed by atoms with van der Waals surface area (Å²) in [5.41, 5.74) is 5.08. The van der Waals surface area contributed by atoms with Crippen LogP contribution in [0.25, 0.3) is 0 Å². The van der Waals surface area contributed by atoms with Gasteiger partial charge in [0.15, 0.2) is 0 Å². The van der Waals surface area contributed by atoms with E-state index in [1.807, 2.05) is 0 Å². The van der Waals surface area contributed by atoms with E-state index in [1.54, 1.807) is 0 Å². The minimum atomic E-state index is 0.413. The number of hydrogen-bond donors (Lipinski definition) is 1. The molecule has 19 heavy (non-hydrogen) atoms. The second-order valence-electron chi connectivity index (χ2n) is 6.16. The van der Waals surface area contributed by atoms with E-state index in [9.17, 15) is 0 Å². The van der Waals surface area contributed by atoms with Crippen molar-refractivity contribution in [2.24, 2.45) is 0 Å². The maximum atomic E-state index is 4.63. The van der Waals surface area contributed by atoms with Crippen LogP contribution < -0.4 is 5.32 Å². The van der Waals surface area contributed by atoms with Crippen LogP contribution in [0.2, 0.25) is 0 Å². The Bertz CT molecular complexity index is 394. The molecule has 1 saturated carbocycles. The summed E-state index contributed by atoms with van der Waals surface area (Å²) in [4.78, 5) is 4.63. The zero-order valence-corrected chi connectivity index (χ0v) is 12.9. The molecule has 1 N–H and O–H groups in total. The summed E-state index contributed by atoms with van der Waals surface area (Å²) in [7, 11) is 0. The third-order valence-corrected chi connectivity index (χ3v) is 4.36. The van der Waals surface area contributed by atoms with Crippen LogP contribution in [0.1, 0.15) is 74.0 Å². The van der Waals surface area contributed by atoms with Gasteiger partial charge in [-0.25, -0.2) is 0 Å². The zero-order chi connectivity index (χ0) is 13.8. The number of aromatic nitrogens is 1. The van der Waals surface area contributed by atoms with Gasteiger partial charge in [0.25, 0.3) is 0 Å². The largest absolute Gasteiger partial charge is 0.307 e. The molecule has 1 aliphatic rings. The van der Waals surface area contributed by atoms with E-state index in [0.717, 1.165) is 5.69 Å². The molecule has 1 unspecified atom stereocenters. The van der Waals surface area contributed by atoms with Gasteiger partial charge in [0.1, 0.15) is 0 Å². The summed E-state index contributed by atoms with van der Waals surface area (Å²) in [5.74, 6) is 0. The Morgan fingerprint density at radius 3 is 2.32 bits per heavy atom. The molecule has 0 radical (unpaired) electrons. The molecule has 1 aromatic heterocycles. The quantitative estimate of drug-likeness (QED) is 0.816. The summed E-state index contributed by atoms with van der Waals surface area (Å²) in [6, 6.07) is 3.31. The standard InChI is InChI=1S/C17H28N2/c1-12-11-13(2)18-14(3)17(12)15(4)19-16-9-7-5-6-8-10-16/h11,15-16,19H,5-10H2,1-4H3. The monoisotopic (exact) mass is 260 g/mol. The molecule has 2 heteroatoms. The van der Waals surface area contributed by atoms with Crippen LogP contribution in [0.3, 0.4) is 0 Å². The lowest BCUT2D eigenvalue weighted by Crippen LogP contribution is -2.32. The predicted octanol–water partition coefficient (Wildman–Crippen LogP) is 4.38. The highest BCUT2D eigenvalue weighted by molar-refractivity contribution is 5.33. The van der Waals surface area contributed by atoms with Gasteiger partial charge >= 0.3 is 0 Å². The average Bonchev–Trinajstić information content (AvgIpc) is 2.56. The Kier molecular flexibility index (Phi) is 4.98. The van der Waals surface area contributed by atoms with Crippen molar-refractivity contribution in [3.05, 3.63) is 28.6 Å². The molecule has 1 aliphatic carbocycles. The van der Waals surface area contributed by atoms with Crippen molar-refractivity contribution in [3.63, 3.8) is 0 Å². The highest BCUT2D eigenvalue weighted by atomic mass is 14.9. The van der Waals surface area contributed by atoms with Crippen molar-refractivity contribution in [3.8, 4) is 0 Å². The molecule has 106 valence electrons. The number of nitrogens with zero attached hydrogens (tertiary/aromatic N) is 1. The Labute approximate surface area is 118 Å². The maximum Gasteiger partial charge on any atom is 0.0426 e. The number of rotatable bonds is 3. The Morgan fingerprint density at radius 2 is 1.74 bits per heavy atom. The smallest absolute Gasteiger partial charge is 0.0426 e. The molecule has 0 saturated heterocycles. The minimum absolute atomic E-state index is 0.413. The molecule has 0 amide bonds. The lowest BCUT2D eigenvalue weighted by atomic mass is 9.98. The van der Waals surface area contributed by atoms with Gasteiger partial charge < -0.3 is 5.32 Å². The van der Waals surface area contributed by atoms with Crippen LogP contribution in [0.5, 0.6) is 0 Å². The van der Waals surface area contributed by atoms with Crippen molar-refractivity contribution >= 4 is 0 Å². The fourth-order valence-electron chi connectivity index (χ4n) is 3.57. The van der Waals surface area contributed by atoms with Crippen LogP contribution in [0.15, 0.2) is 6.07 Å². The number of nitrogens with one attached hydrogen (secondary N) is 1. The van der Waals surface area contributed by atoms with Crippen LogP contribution in [-0.4, -0.2) is 11.0 Å². The highest BCUT2D eigenvalue weighted by Gasteiger charge is 2.18. The van der Waals surface area contributed by atoms with Gasteiger partial charge in [-0.05, 0) is 57.7 Å². The molecule has 1 fully saturated rings. The number of pyridine rings is 1. The van der Waals surface area contributed by atoms with Crippen LogP contribution in [0.4, 0.5) is 0 Å². The first-order chi connectivity index (χ1) is 9.08. The summed E-state index contributed by atoms with van der Waals surface area (Å²) >= 11 is 0. The van der Waals surface area contributed by atoms with E-state index >= 15 is 0 Å². The summed E-state index contributed by atoms with van der Waals surface area (Å²) in [6.07, 6.45) is 8.26. The first kappa shape index (κ1) is 14.5. The van der Waals surface area contributed by atoms with Gasteiger partial charge in [-0.1, -0.05) is 25.7 Å². The molecule has 2 rings (SSSR count). The molecule has 0 aromatic carbocycles. The SMILES string of the molecule is Cc1cc(C)c(C(C)NC2CCCCCC2)c(C)n1. The fourth-order valence-corrected chi connectivity index (χ4v) is 3.57. The fraction of sp³-hybridized carbons (Fsp3) is 0.706. The van der Waals surface area contributed by atoms with Crippen molar-refractivity contribution in [2.75, 3.05) is 0 Å². The topological polar surface area (TPSA) is 24.9 Å². The maximum absolute atomic E-state index is 4.63. The van der Waals surface area contributed by atoms with Gasteiger partial charge in [-0.3, -0.25) is 4.98 Å². The zero-order valence-electron chi connectivity index (χ0n) is 12.9. The van der Waals surface area contributed by atoms with E-state index < -0.39 is 0 Å². The predicted molar refractivity (Wildman–Crippen MR) is 81.5 cm³/mol. The van der Waals surface area contributed by atoms with Gasteiger partial charge in [-0.2, -0.15) is 0 Å². The number of aryl methyl sites for hydroxylation is 3. The lowest BCUT2D eigenvalue weighted by Gasteiger charge is -2.25. The summed E-state index contributed by atoms with van der Waals surface area (Å²) in [6.45, 7) is 8.72. The lowest BCUT2D eigenvalue weighted by molar-refractivity contribution is 0.412.